The van der Waals surface area contributed by atoms with E-state index in [1.807, 2.05) is 24.3 Å². The van der Waals surface area contributed by atoms with Gasteiger partial charge in [-0.05, 0) is 54.8 Å². The van der Waals surface area contributed by atoms with E-state index in [2.05, 4.69) is 10.1 Å². The van der Waals surface area contributed by atoms with Crippen LogP contribution in [0.5, 0.6) is 0 Å². The lowest BCUT2D eigenvalue weighted by Gasteiger charge is -2.35. The number of ether oxygens (including phenoxy) is 1. The molecular formula is C21H28N4O4S. The first-order valence-corrected chi connectivity index (χ1v) is 11.9. The second-order valence-electron chi connectivity index (χ2n) is 7.81. The van der Waals surface area contributed by atoms with E-state index in [1.54, 1.807) is 23.1 Å². The fraction of sp³-hybridized carbons (Fsp3) is 0.476. The topological polar surface area (TPSA) is 91.0 Å². The van der Waals surface area contributed by atoms with Gasteiger partial charge in [0.25, 0.3) is 10.0 Å². The van der Waals surface area contributed by atoms with E-state index in [0.717, 1.165) is 36.7 Å². The Morgan fingerprint density at radius 1 is 1.17 bits per heavy atom. The van der Waals surface area contributed by atoms with Crippen LogP contribution < -0.4 is 10.1 Å². The Hall–Kier alpha value is -2.20. The lowest BCUT2D eigenvalue weighted by Crippen LogP contribution is -2.56. The van der Waals surface area contributed by atoms with E-state index >= 15 is 0 Å². The Labute approximate surface area is 177 Å². The number of hydrogen-bond donors (Lipinski definition) is 2. The number of hydrazine groups is 1. The first kappa shape index (κ1) is 21.0. The van der Waals surface area contributed by atoms with Crippen molar-refractivity contribution in [2.45, 2.75) is 17.7 Å². The number of piperidine rings is 1. The van der Waals surface area contributed by atoms with Gasteiger partial charge in [0, 0.05) is 19.6 Å². The third-order valence-electron chi connectivity index (χ3n) is 5.61. The van der Waals surface area contributed by atoms with Crippen LogP contribution in [0.3, 0.4) is 0 Å². The van der Waals surface area contributed by atoms with Crippen LogP contribution in [-0.2, 0) is 14.8 Å². The van der Waals surface area contributed by atoms with Gasteiger partial charge in [0.05, 0.1) is 18.1 Å². The smallest absolute Gasteiger partial charge is 0.335 e. The van der Waals surface area contributed by atoms with Gasteiger partial charge in [-0.1, -0.05) is 30.3 Å². The number of morpholine rings is 1. The molecule has 0 aromatic heterocycles. The van der Waals surface area contributed by atoms with Crippen LogP contribution >= 0.6 is 0 Å². The molecule has 2 aliphatic rings. The average molecular weight is 433 g/mol. The zero-order valence-corrected chi connectivity index (χ0v) is 17.7. The normalized spacial score (nSPS) is 20.3. The van der Waals surface area contributed by atoms with Gasteiger partial charge in [-0.25, -0.2) is 18.2 Å². The lowest BCUT2D eigenvalue weighted by molar-refractivity contribution is 0.0391. The van der Waals surface area contributed by atoms with Crippen molar-refractivity contribution < 1.29 is 17.9 Å². The third-order valence-corrected chi connectivity index (χ3v) is 6.95. The summed E-state index contributed by atoms with van der Waals surface area (Å²) in [5.74, 6) is 0.197. The summed E-state index contributed by atoms with van der Waals surface area (Å²) in [7, 11) is -3.91. The molecule has 2 amide bonds. The zero-order valence-electron chi connectivity index (χ0n) is 16.9. The molecule has 0 saturated carbocycles. The molecule has 8 nitrogen and oxygen atoms in total. The summed E-state index contributed by atoms with van der Waals surface area (Å²) in [6, 6.07) is 12.3. The molecule has 162 valence electrons. The number of benzene rings is 2. The molecule has 2 saturated heterocycles. The molecule has 1 atom stereocenters. The first-order chi connectivity index (χ1) is 14.5. The minimum Gasteiger partial charge on any atom is -0.378 e. The number of sulfonamides is 1. The minimum atomic E-state index is -3.91. The van der Waals surface area contributed by atoms with Crippen LogP contribution in [0.1, 0.15) is 12.8 Å². The quantitative estimate of drug-likeness (QED) is 0.703. The summed E-state index contributed by atoms with van der Waals surface area (Å²) in [6.07, 6.45) is 1.97. The molecule has 1 unspecified atom stereocenters. The molecule has 2 aliphatic heterocycles. The van der Waals surface area contributed by atoms with Gasteiger partial charge in [-0.3, -0.25) is 0 Å². The number of amides is 2. The fourth-order valence-electron chi connectivity index (χ4n) is 3.95. The van der Waals surface area contributed by atoms with Crippen LogP contribution in [0, 0.1) is 5.92 Å². The van der Waals surface area contributed by atoms with Crippen LogP contribution in [0.2, 0.25) is 0 Å². The van der Waals surface area contributed by atoms with Crippen LogP contribution in [-0.4, -0.2) is 70.3 Å². The molecule has 0 spiro atoms. The van der Waals surface area contributed by atoms with Crippen molar-refractivity contribution >= 4 is 26.8 Å². The van der Waals surface area contributed by atoms with Gasteiger partial charge in [-0.2, -0.15) is 0 Å². The van der Waals surface area contributed by atoms with Crippen molar-refractivity contribution in [1.82, 2.24) is 20.1 Å². The Morgan fingerprint density at radius 2 is 1.93 bits per heavy atom. The molecule has 9 heteroatoms. The number of hydrogen-bond acceptors (Lipinski definition) is 5. The maximum atomic E-state index is 13.2. The molecule has 0 radical (unpaired) electrons. The van der Waals surface area contributed by atoms with Crippen molar-refractivity contribution in [3.8, 4) is 0 Å². The number of urea groups is 1. The summed E-state index contributed by atoms with van der Waals surface area (Å²) in [5, 5.41) is 6.40. The molecule has 2 N–H and O–H groups in total. The zero-order chi connectivity index (χ0) is 21.0. The minimum absolute atomic E-state index is 0.141. The van der Waals surface area contributed by atoms with Crippen molar-refractivity contribution in [3.63, 3.8) is 0 Å². The van der Waals surface area contributed by atoms with Crippen LogP contribution in [0.15, 0.2) is 47.4 Å². The van der Waals surface area contributed by atoms with E-state index in [4.69, 9.17) is 4.74 Å². The largest absolute Gasteiger partial charge is 0.378 e. The molecule has 0 bridgehead atoms. The van der Waals surface area contributed by atoms with Crippen molar-refractivity contribution in [2.24, 2.45) is 5.92 Å². The van der Waals surface area contributed by atoms with Gasteiger partial charge < -0.3 is 15.0 Å². The summed E-state index contributed by atoms with van der Waals surface area (Å²) in [4.78, 5) is 17.5. The molecule has 2 heterocycles. The van der Waals surface area contributed by atoms with Gasteiger partial charge >= 0.3 is 6.03 Å². The monoisotopic (exact) mass is 432 g/mol. The van der Waals surface area contributed by atoms with Crippen LogP contribution in [0.25, 0.3) is 10.8 Å². The van der Waals surface area contributed by atoms with Gasteiger partial charge in [0.2, 0.25) is 0 Å². The fourth-order valence-corrected chi connectivity index (χ4v) is 5.03. The predicted molar refractivity (Wildman–Crippen MR) is 114 cm³/mol. The van der Waals surface area contributed by atoms with E-state index in [1.165, 1.54) is 5.01 Å². The lowest BCUT2D eigenvalue weighted by atomic mass is 10.00. The highest BCUT2D eigenvalue weighted by Crippen LogP contribution is 2.20. The van der Waals surface area contributed by atoms with E-state index < -0.39 is 10.0 Å². The molecule has 2 aromatic carbocycles. The summed E-state index contributed by atoms with van der Waals surface area (Å²) < 4.78 is 31.6. The van der Waals surface area contributed by atoms with Crippen molar-refractivity contribution in [2.75, 3.05) is 45.9 Å². The maximum Gasteiger partial charge on any atom is 0.335 e. The van der Waals surface area contributed by atoms with Crippen molar-refractivity contribution in [3.05, 3.63) is 42.5 Å². The van der Waals surface area contributed by atoms with E-state index in [0.29, 0.717) is 32.8 Å². The summed E-state index contributed by atoms with van der Waals surface area (Å²) >= 11 is 0. The Morgan fingerprint density at radius 3 is 2.67 bits per heavy atom. The van der Waals surface area contributed by atoms with Gasteiger partial charge in [0.15, 0.2) is 0 Å². The highest BCUT2D eigenvalue weighted by molar-refractivity contribution is 7.89. The molecular weight excluding hydrogens is 404 g/mol. The van der Waals surface area contributed by atoms with Crippen molar-refractivity contribution in [1.29, 1.82) is 0 Å². The van der Waals surface area contributed by atoms with Gasteiger partial charge in [0.1, 0.15) is 0 Å². The second-order valence-corrected chi connectivity index (χ2v) is 9.47. The van der Waals surface area contributed by atoms with E-state index in [9.17, 15) is 13.2 Å². The summed E-state index contributed by atoms with van der Waals surface area (Å²) in [6.45, 7) is 3.88. The number of carbonyl (C=O) groups is 1. The molecule has 4 rings (SSSR count). The maximum absolute atomic E-state index is 13.2. The molecule has 2 aromatic rings. The van der Waals surface area contributed by atoms with E-state index in [-0.39, 0.29) is 16.8 Å². The predicted octanol–water partition coefficient (Wildman–Crippen LogP) is 1.79. The Kier molecular flexibility index (Phi) is 6.52. The second kappa shape index (κ2) is 9.30. The number of carbonyl (C=O) groups excluding carboxylic acids is 1. The Balaban J connectivity index is 1.57. The molecule has 30 heavy (non-hydrogen) atoms. The molecule has 0 aliphatic carbocycles. The highest BCUT2D eigenvalue weighted by atomic mass is 32.2. The number of nitrogens with one attached hydrogen (secondary N) is 2. The first-order valence-electron chi connectivity index (χ1n) is 10.4. The standard InChI is InChI=1S/C21H28N4O4S/c26-21(24-10-12-29-13-11-24)25(16-17-4-3-9-22-15-17)23-30(27,28)20-8-7-18-5-1-2-6-19(18)14-20/h1-2,5-8,14,17,22-23H,3-4,9-13,15-16H2. The summed E-state index contributed by atoms with van der Waals surface area (Å²) in [5.41, 5.74) is 0. The third kappa shape index (κ3) is 4.92. The average Bonchev–Trinajstić information content (AvgIpc) is 2.79. The van der Waals surface area contributed by atoms with Crippen LogP contribution in [0.4, 0.5) is 4.79 Å². The SMILES string of the molecule is O=C(N1CCOCC1)N(CC1CCCNC1)NS(=O)(=O)c1ccc2ccccc2c1. The number of fused-ring (bicyclic) bond motifs is 1. The molecule has 2 fully saturated rings. The van der Waals surface area contributed by atoms with Gasteiger partial charge in [-0.15, -0.1) is 4.83 Å². The highest BCUT2D eigenvalue weighted by Gasteiger charge is 2.30. The Bertz CT molecular complexity index is 985. The number of nitrogens with zero attached hydrogens (tertiary/aromatic N) is 2. The number of rotatable bonds is 5.